The first-order valence-corrected chi connectivity index (χ1v) is 11.1. The van der Waals surface area contributed by atoms with Gasteiger partial charge in [0, 0.05) is 32.5 Å². The van der Waals surface area contributed by atoms with Gasteiger partial charge in [-0.3, -0.25) is 9.59 Å². The molecule has 0 spiro atoms. The van der Waals surface area contributed by atoms with Gasteiger partial charge in [0.05, 0.1) is 11.0 Å². The van der Waals surface area contributed by atoms with Crippen molar-refractivity contribution in [3.8, 4) is 0 Å². The van der Waals surface area contributed by atoms with Crippen molar-refractivity contribution in [2.75, 3.05) is 20.1 Å². The fourth-order valence-corrected chi connectivity index (χ4v) is 4.08. The van der Waals surface area contributed by atoms with Gasteiger partial charge in [0.1, 0.15) is 12.4 Å². The van der Waals surface area contributed by atoms with Gasteiger partial charge in [-0.05, 0) is 31.4 Å². The van der Waals surface area contributed by atoms with Crippen LogP contribution in [0.25, 0.3) is 11.0 Å². The molecule has 1 N–H and O–H groups in total. The molecule has 6 heteroatoms. The van der Waals surface area contributed by atoms with Crippen LogP contribution in [0.1, 0.15) is 57.7 Å². The zero-order valence-corrected chi connectivity index (χ0v) is 17.8. The van der Waals surface area contributed by atoms with Crippen LogP contribution in [0.4, 0.5) is 0 Å². The van der Waals surface area contributed by atoms with Gasteiger partial charge in [0.15, 0.2) is 0 Å². The molecular formula is C23H34N4O2. The minimum absolute atomic E-state index is 0.0918. The summed E-state index contributed by atoms with van der Waals surface area (Å²) in [5.41, 5.74) is 1.86. The average Bonchev–Trinajstić information content (AvgIpc) is 3.09. The van der Waals surface area contributed by atoms with E-state index in [0.717, 1.165) is 61.9 Å². The molecule has 6 nitrogen and oxygen atoms in total. The molecule has 0 saturated heterocycles. The van der Waals surface area contributed by atoms with Gasteiger partial charge in [-0.1, -0.05) is 44.7 Å². The third-order valence-corrected chi connectivity index (χ3v) is 5.92. The third kappa shape index (κ3) is 5.58. The normalized spacial score (nSPS) is 14.8. The third-order valence-electron chi connectivity index (χ3n) is 5.92. The van der Waals surface area contributed by atoms with E-state index >= 15 is 0 Å². The summed E-state index contributed by atoms with van der Waals surface area (Å²) < 4.78 is 2.01. The summed E-state index contributed by atoms with van der Waals surface area (Å²) in [7, 11) is 1.86. The number of nitrogens with zero attached hydrogens (tertiary/aromatic N) is 3. The number of unbranched alkanes of at least 4 members (excludes halogenated alkanes) is 1. The van der Waals surface area contributed by atoms with E-state index < -0.39 is 0 Å². The number of carbonyl (C=O) groups is 2. The highest BCUT2D eigenvalue weighted by Crippen LogP contribution is 2.23. The predicted octanol–water partition coefficient (Wildman–Crippen LogP) is 3.53. The van der Waals surface area contributed by atoms with E-state index in [1.165, 1.54) is 6.42 Å². The minimum atomic E-state index is 0.0918. The SMILES string of the molecule is CCCCN(C)C(=O)Cn1c(CCNC(=O)C2CCCCC2)nc2ccccc21. The van der Waals surface area contributed by atoms with Gasteiger partial charge in [-0.2, -0.15) is 0 Å². The second kappa shape index (κ2) is 10.4. The summed E-state index contributed by atoms with van der Waals surface area (Å²) in [6.45, 7) is 3.74. The van der Waals surface area contributed by atoms with E-state index in [1.54, 1.807) is 4.90 Å². The first-order chi connectivity index (χ1) is 14.1. The molecule has 0 bridgehead atoms. The van der Waals surface area contributed by atoms with Gasteiger partial charge in [-0.15, -0.1) is 0 Å². The van der Waals surface area contributed by atoms with Gasteiger partial charge < -0.3 is 14.8 Å². The first-order valence-electron chi connectivity index (χ1n) is 11.1. The smallest absolute Gasteiger partial charge is 0.242 e. The number of rotatable bonds is 9. The molecule has 1 aliphatic rings. The lowest BCUT2D eigenvalue weighted by atomic mass is 9.89. The fourth-order valence-electron chi connectivity index (χ4n) is 4.08. The van der Waals surface area contributed by atoms with E-state index in [-0.39, 0.29) is 24.3 Å². The number of aromatic nitrogens is 2. The van der Waals surface area contributed by atoms with Crippen molar-refractivity contribution in [2.45, 2.75) is 64.8 Å². The van der Waals surface area contributed by atoms with Crippen LogP contribution in [-0.4, -0.2) is 46.4 Å². The van der Waals surface area contributed by atoms with Crippen molar-refractivity contribution in [1.29, 1.82) is 0 Å². The predicted molar refractivity (Wildman–Crippen MR) is 116 cm³/mol. The Hall–Kier alpha value is -2.37. The lowest BCUT2D eigenvalue weighted by molar-refractivity contribution is -0.130. The van der Waals surface area contributed by atoms with Crippen molar-refractivity contribution < 1.29 is 9.59 Å². The molecule has 0 unspecified atom stereocenters. The van der Waals surface area contributed by atoms with Gasteiger partial charge in [0.2, 0.25) is 11.8 Å². The number of fused-ring (bicyclic) bond motifs is 1. The molecule has 1 aliphatic carbocycles. The number of nitrogens with one attached hydrogen (secondary N) is 1. The molecule has 2 amide bonds. The summed E-state index contributed by atoms with van der Waals surface area (Å²) in [5, 5.41) is 3.09. The Kier molecular flexibility index (Phi) is 7.67. The number of benzene rings is 1. The highest BCUT2D eigenvalue weighted by atomic mass is 16.2. The quantitative estimate of drug-likeness (QED) is 0.703. The van der Waals surface area contributed by atoms with Crippen molar-refractivity contribution in [3.05, 3.63) is 30.1 Å². The Morgan fingerprint density at radius 3 is 2.72 bits per heavy atom. The fraction of sp³-hybridized carbons (Fsp3) is 0.609. The number of hydrogen-bond acceptors (Lipinski definition) is 3. The van der Waals surface area contributed by atoms with Crippen LogP contribution in [0, 0.1) is 5.92 Å². The molecule has 29 heavy (non-hydrogen) atoms. The van der Waals surface area contributed by atoms with Crippen LogP contribution < -0.4 is 5.32 Å². The lowest BCUT2D eigenvalue weighted by Gasteiger charge is -2.21. The van der Waals surface area contributed by atoms with E-state index in [9.17, 15) is 9.59 Å². The molecule has 1 heterocycles. The number of amides is 2. The Labute approximate surface area is 173 Å². The van der Waals surface area contributed by atoms with Gasteiger partial charge >= 0.3 is 0 Å². The molecule has 1 aromatic heterocycles. The Morgan fingerprint density at radius 1 is 1.21 bits per heavy atom. The summed E-state index contributed by atoms with van der Waals surface area (Å²) in [4.78, 5) is 31.7. The monoisotopic (exact) mass is 398 g/mol. The molecule has 0 aliphatic heterocycles. The van der Waals surface area contributed by atoms with Crippen molar-refractivity contribution in [1.82, 2.24) is 19.8 Å². The molecule has 158 valence electrons. The van der Waals surface area contributed by atoms with Crippen LogP contribution in [-0.2, 0) is 22.6 Å². The van der Waals surface area contributed by atoms with Crippen LogP contribution in [0.15, 0.2) is 24.3 Å². The molecule has 0 radical (unpaired) electrons. The van der Waals surface area contributed by atoms with E-state index in [0.29, 0.717) is 13.0 Å². The van der Waals surface area contributed by atoms with E-state index in [2.05, 4.69) is 12.2 Å². The average molecular weight is 399 g/mol. The number of likely N-dealkylation sites (N-methyl/N-ethyl adjacent to an activating group) is 1. The lowest BCUT2D eigenvalue weighted by Crippen LogP contribution is -2.34. The van der Waals surface area contributed by atoms with Crippen molar-refractivity contribution >= 4 is 22.8 Å². The van der Waals surface area contributed by atoms with Gasteiger partial charge in [0.25, 0.3) is 0 Å². The summed E-state index contributed by atoms with van der Waals surface area (Å²) in [5.74, 6) is 1.28. The molecule has 1 aromatic carbocycles. The van der Waals surface area contributed by atoms with E-state index in [1.807, 2.05) is 35.9 Å². The molecule has 1 saturated carbocycles. The highest BCUT2D eigenvalue weighted by molar-refractivity contribution is 5.81. The topological polar surface area (TPSA) is 67.2 Å². The van der Waals surface area contributed by atoms with Crippen molar-refractivity contribution in [2.24, 2.45) is 5.92 Å². The number of imidazole rings is 1. The second-order valence-electron chi connectivity index (χ2n) is 8.15. The second-order valence-corrected chi connectivity index (χ2v) is 8.15. The van der Waals surface area contributed by atoms with E-state index in [4.69, 9.17) is 4.98 Å². The first kappa shape index (κ1) is 21.3. The molecule has 1 fully saturated rings. The van der Waals surface area contributed by atoms with Crippen LogP contribution >= 0.6 is 0 Å². The zero-order chi connectivity index (χ0) is 20.6. The van der Waals surface area contributed by atoms with Crippen molar-refractivity contribution in [3.63, 3.8) is 0 Å². The molecule has 0 atom stereocenters. The highest BCUT2D eigenvalue weighted by Gasteiger charge is 2.21. The standard InChI is InChI=1S/C23H34N4O2/c1-3-4-16-26(2)22(28)17-27-20-13-9-8-12-19(20)25-21(27)14-15-24-23(29)18-10-6-5-7-11-18/h8-9,12-13,18H,3-7,10-11,14-17H2,1-2H3,(H,24,29). The number of carbonyl (C=O) groups excluding carboxylic acids is 2. The summed E-state index contributed by atoms with van der Waals surface area (Å²) >= 11 is 0. The Bertz CT molecular complexity index is 823. The number of hydrogen-bond donors (Lipinski definition) is 1. The van der Waals surface area contributed by atoms with Crippen LogP contribution in [0.5, 0.6) is 0 Å². The van der Waals surface area contributed by atoms with Crippen LogP contribution in [0.3, 0.4) is 0 Å². The number of para-hydroxylation sites is 2. The molecule has 3 rings (SSSR count). The largest absolute Gasteiger partial charge is 0.355 e. The Morgan fingerprint density at radius 2 is 1.97 bits per heavy atom. The summed E-state index contributed by atoms with van der Waals surface area (Å²) in [6.07, 6.45) is 8.26. The maximum Gasteiger partial charge on any atom is 0.242 e. The maximum absolute atomic E-state index is 12.7. The maximum atomic E-state index is 12.7. The molecule has 2 aromatic rings. The zero-order valence-electron chi connectivity index (χ0n) is 17.8. The molecular weight excluding hydrogens is 364 g/mol. The van der Waals surface area contributed by atoms with Crippen LogP contribution in [0.2, 0.25) is 0 Å². The summed E-state index contributed by atoms with van der Waals surface area (Å²) in [6, 6.07) is 7.91. The Balaban J connectivity index is 1.66. The minimum Gasteiger partial charge on any atom is -0.355 e. The van der Waals surface area contributed by atoms with Gasteiger partial charge in [-0.25, -0.2) is 4.98 Å².